The molecule has 0 spiro atoms. The van der Waals surface area contributed by atoms with Crippen molar-refractivity contribution < 1.29 is 13.2 Å². The number of amides is 1. The van der Waals surface area contributed by atoms with E-state index in [1.807, 2.05) is 36.0 Å². The molecule has 0 unspecified atom stereocenters. The van der Waals surface area contributed by atoms with Crippen molar-refractivity contribution in [1.29, 1.82) is 0 Å². The Labute approximate surface area is 170 Å². The van der Waals surface area contributed by atoms with Gasteiger partial charge in [0.05, 0.1) is 17.6 Å². The quantitative estimate of drug-likeness (QED) is 0.789. The van der Waals surface area contributed by atoms with Crippen molar-refractivity contribution in [3.05, 3.63) is 53.6 Å². The van der Waals surface area contributed by atoms with Gasteiger partial charge in [0.15, 0.2) is 0 Å². The van der Waals surface area contributed by atoms with Gasteiger partial charge in [-0.05, 0) is 55.2 Å². The zero-order valence-corrected chi connectivity index (χ0v) is 17.5. The highest BCUT2D eigenvalue weighted by Gasteiger charge is 2.27. The smallest absolute Gasteiger partial charge is 0.255 e. The topological polar surface area (TPSA) is 66.5 Å². The van der Waals surface area contributed by atoms with Gasteiger partial charge < -0.3 is 5.32 Å². The van der Waals surface area contributed by atoms with E-state index >= 15 is 0 Å². The highest BCUT2D eigenvalue weighted by Crippen LogP contribution is 2.38. The summed E-state index contributed by atoms with van der Waals surface area (Å²) in [5.41, 5.74) is 2.96. The predicted molar refractivity (Wildman–Crippen MR) is 115 cm³/mol. The molecule has 28 heavy (non-hydrogen) atoms. The number of nitrogens with one attached hydrogen (secondary N) is 1. The Hall–Kier alpha value is -1.99. The van der Waals surface area contributed by atoms with Gasteiger partial charge in [-0.2, -0.15) is 0 Å². The third-order valence-electron chi connectivity index (χ3n) is 5.33. The lowest BCUT2D eigenvalue weighted by atomic mass is 10.1. The van der Waals surface area contributed by atoms with Crippen molar-refractivity contribution in [2.24, 2.45) is 0 Å². The second kappa shape index (κ2) is 7.79. The number of carbonyl (C=O) groups excluding carboxylic acids is 1. The number of rotatable bonds is 5. The summed E-state index contributed by atoms with van der Waals surface area (Å²) in [5, 5.41) is 3.67. The lowest BCUT2D eigenvalue weighted by Gasteiger charge is -2.17. The first-order chi connectivity index (χ1) is 13.4. The van der Waals surface area contributed by atoms with Gasteiger partial charge in [-0.3, -0.25) is 9.10 Å². The number of carbonyl (C=O) groups is 1. The van der Waals surface area contributed by atoms with E-state index in [1.54, 1.807) is 12.1 Å². The molecule has 0 saturated heterocycles. The highest BCUT2D eigenvalue weighted by atomic mass is 32.2. The molecule has 0 atom stereocenters. The Morgan fingerprint density at radius 3 is 2.64 bits per heavy atom. The van der Waals surface area contributed by atoms with Crippen molar-refractivity contribution in [3.8, 4) is 0 Å². The highest BCUT2D eigenvalue weighted by molar-refractivity contribution is 8.00. The maximum Gasteiger partial charge on any atom is 0.255 e. The second-order valence-electron chi connectivity index (χ2n) is 7.40. The van der Waals surface area contributed by atoms with Crippen LogP contribution in [-0.2, 0) is 16.4 Å². The average Bonchev–Trinajstić information content (AvgIpc) is 3.31. The van der Waals surface area contributed by atoms with Crippen LogP contribution in [0.4, 0.5) is 11.4 Å². The minimum absolute atomic E-state index is 0.167. The molecule has 2 aromatic rings. The summed E-state index contributed by atoms with van der Waals surface area (Å²) >= 11 is 1.85. The van der Waals surface area contributed by atoms with E-state index in [1.165, 1.54) is 36.2 Å². The monoisotopic (exact) mass is 416 g/mol. The summed E-state index contributed by atoms with van der Waals surface area (Å²) in [6, 6.07) is 13.2. The van der Waals surface area contributed by atoms with Crippen molar-refractivity contribution in [3.63, 3.8) is 0 Å². The summed E-state index contributed by atoms with van der Waals surface area (Å²) in [5.74, 6) is -0.167. The van der Waals surface area contributed by atoms with Gasteiger partial charge in [0.1, 0.15) is 0 Å². The third-order valence-corrected chi connectivity index (χ3v) is 7.92. The molecule has 2 aliphatic rings. The van der Waals surface area contributed by atoms with E-state index in [0.29, 0.717) is 29.5 Å². The summed E-state index contributed by atoms with van der Waals surface area (Å²) in [6.07, 6.45) is 6.86. The van der Waals surface area contributed by atoms with Crippen LogP contribution in [-0.4, -0.2) is 32.4 Å². The van der Waals surface area contributed by atoms with Crippen LogP contribution in [0, 0.1) is 0 Å². The Balaban J connectivity index is 1.52. The minimum Gasteiger partial charge on any atom is -0.321 e. The first kappa shape index (κ1) is 19.3. The van der Waals surface area contributed by atoms with Gasteiger partial charge in [0.25, 0.3) is 5.91 Å². The molecule has 1 fully saturated rings. The number of thioether (sulfide) groups is 1. The van der Waals surface area contributed by atoms with E-state index in [9.17, 15) is 13.2 Å². The standard InChI is InChI=1S/C21H24N2O3S2/c1-28(25,26)23-13-12-15-14-16(10-11-19(15)23)21(24)22-18-8-4-5-9-20(18)27-17-6-2-3-7-17/h4-5,8-11,14,17H,2-3,6-7,12-13H2,1H3,(H,22,24). The Kier molecular flexibility index (Phi) is 5.38. The predicted octanol–water partition coefficient (Wildman–Crippen LogP) is 4.30. The van der Waals surface area contributed by atoms with Gasteiger partial charge in [-0.25, -0.2) is 8.42 Å². The Bertz CT molecular complexity index is 998. The largest absolute Gasteiger partial charge is 0.321 e. The van der Waals surface area contributed by atoms with Crippen LogP contribution in [0.3, 0.4) is 0 Å². The molecule has 7 heteroatoms. The molecule has 1 aliphatic carbocycles. The molecule has 1 amide bonds. The molecule has 1 N–H and O–H groups in total. The summed E-state index contributed by atoms with van der Waals surface area (Å²) in [4.78, 5) is 13.9. The number of nitrogens with zero attached hydrogens (tertiary/aromatic N) is 1. The zero-order chi connectivity index (χ0) is 19.7. The second-order valence-corrected chi connectivity index (χ2v) is 10.7. The number of hydrogen-bond acceptors (Lipinski definition) is 4. The molecular formula is C21H24N2O3S2. The third kappa shape index (κ3) is 4.05. The molecular weight excluding hydrogens is 392 g/mol. The number of hydrogen-bond donors (Lipinski definition) is 1. The molecule has 0 radical (unpaired) electrons. The van der Waals surface area contributed by atoms with E-state index < -0.39 is 10.0 Å². The lowest BCUT2D eigenvalue weighted by Crippen LogP contribution is -2.27. The fraction of sp³-hybridized carbons (Fsp3) is 0.381. The maximum atomic E-state index is 12.8. The van der Waals surface area contributed by atoms with E-state index in [-0.39, 0.29) is 5.91 Å². The van der Waals surface area contributed by atoms with Crippen LogP contribution in [0.25, 0.3) is 0 Å². The molecule has 5 nitrogen and oxygen atoms in total. The molecule has 2 aromatic carbocycles. The zero-order valence-electron chi connectivity index (χ0n) is 15.8. The Morgan fingerprint density at radius 1 is 1.14 bits per heavy atom. The van der Waals surface area contributed by atoms with E-state index in [2.05, 4.69) is 11.4 Å². The normalized spacial score (nSPS) is 17.0. The molecule has 4 rings (SSSR count). The van der Waals surface area contributed by atoms with Crippen molar-refractivity contribution in [1.82, 2.24) is 0 Å². The lowest BCUT2D eigenvalue weighted by molar-refractivity contribution is 0.102. The van der Waals surface area contributed by atoms with Crippen LogP contribution >= 0.6 is 11.8 Å². The summed E-state index contributed by atoms with van der Waals surface area (Å²) < 4.78 is 25.2. The van der Waals surface area contributed by atoms with Gasteiger partial charge in [-0.15, -0.1) is 11.8 Å². The fourth-order valence-electron chi connectivity index (χ4n) is 3.91. The van der Waals surface area contributed by atoms with Crippen molar-refractivity contribution >= 4 is 39.1 Å². The molecule has 1 saturated carbocycles. The van der Waals surface area contributed by atoms with Gasteiger partial charge in [0.2, 0.25) is 10.0 Å². The molecule has 1 heterocycles. The summed E-state index contributed by atoms with van der Waals surface area (Å²) in [6.45, 7) is 0.431. The number of benzene rings is 2. The van der Waals surface area contributed by atoms with Crippen LogP contribution in [0.15, 0.2) is 47.4 Å². The van der Waals surface area contributed by atoms with Crippen LogP contribution in [0.1, 0.15) is 41.6 Å². The van der Waals surface area contributed by atoms with Crippen molar-refractivity contribution in [2.75, 3.05) is 22.4 Å². The Morgan fingerprint density at radius 2 is 1.89 bits per heavy atom. The van der Waals surface area contributed by atoms with Gasteiger partial charge >= 0.3 is 0 Å². The SMILES string of the molecule is CS(=O)(=O)N1CCc2cc(C(=O)Nc3ccccc3SC3CCCC3)ccc21. The number of sulfonamides is 1. The molecule has 1 aliphatic heterocycles. The molecule has 0 bridgehead atoms. The van der Waals surface area contributed by atoms with Crippen LogP contribution < -0.4 is 9.62 Å². The van der Waals surface area contributed by atoms with Crippen LogP contribution in [0.2, 0.25) is 0 Å². The van der Waals surface area contributed by atoms with Crippen LogP contribution in [0.5, 0.6) is 0 Å². The van der Waals surface area contributed by atoms with Gasteiger partial charge in [0, 0.05) is 22.3 Å². The first-order valence-corrected chi connectivity index (χ1v) is 12.3. The first-order valence-electron chi connectivity index (χ1n) is 9.59. The number of fused-ring (bicyclic) bond motifs is 1. The van der Waals surface area contributed by atoms with E-state index in [0.717, 1.165) is 16.1 Å². The fourth-order valence-corrected chi connectivity index (χ4v) is 6.20. The molecule has 148 valence electrons. The number of anilines is 2. The van der Waals surface area contributed by atoms with E-state index in [4.69, 9.17) is 0 Å². The van der Waals surface area contributed by atoms with Crippen molar-refractivity contribution in [2.45, 2.75) is 42.2 Å². The molecule has 0 aromatic heterocycles. The number of para-hydroxylation sites is 1. The summed E-state index contributed by atoms with van der Waals surface area (Å²) in [7, 11) is -3.28. The maximum absolute atomic E-state index is 12.8. The minimum atomic E-state index is -3.28. The van der Waals surface area contributed by atoms with Gasteiger partial charge in [-0.1, -0.05) is 25.0 Å². The average molecular weight is 417 g/mol.